The first-order valence-electron chi connectivity index (χ1n) is 6.17. The van der Waals surface area contributed by atoms with Crippen LogP contribution < -0.4 is 5.32 Å². The van der Waals surface area contributed by atoms with Gasteiger partial charge in [0.1, 0.15) is 0 Å². The molecule has 1 aromatic carbocycles. The number of rotatable bonds is 4. The summed E-state index contributed by atoms with van der Waals surface area (Å²) in [6, 6.07) is 8.11. The van der Waals surface area contributed by atoms with E-state index < -0.39 is 0 Å². The third kappa shape index (κ3) is 2.83. The van der Waals surface area contributed by atoms with E-state index in [9.17, 15) is 4.79 Å². The predicted octanol–water partition coefficient (Wildman–Crippen LogP) is 2.80. The molecular formula is C15H19NO. The Morgan fingerprint density at radius 2 is 2.18 bits per heavy atom. The molecule has 1 unspecified atom stereocenters. The van der Waals surface area contributed by atoms with E-state index in [-0.39, 0.29) is 11.8 Å². The molecule has 0 amide bonds. The lowest BCUT2D eigenvalue weighted by molar-refractivity contribution is -0.121. The van der Waals surface area contributed by atoms with Crippen LogP contribution in [0, 0.1) is 0 Å². The molecule has 0 bridgehead atoms. The number of nitrogens with one attached hydrogen (secondary N) is 1. The summed E-state index contributed by atoms with van der Waals surface area (Å²) in [6.45, 7) is 6.70. The van der Waals surface area contributed by atoms with Gasteiger partial charge in [-0.15, -0.1) is 6.58 Å². The van der Waals surface area contributed by atoms with Crippen LogP contribution in [-0.4, -0.2) is 12.3 Å². The van der Waals surface area contributed by atoms with Gasteiger partial charge in [-0.2, -0.15) is 0 Å². The van der Waals surface area contributed by atoms with E-state index in [0.717, 1.165) is 30.5 Å². The van der Waals surface area contributed by atoms with Crippen molar-refractivity contribution >= 4 is 5.78 Å². The van der Waals surface area contributed by atoms with Crippen LogP contribution in [0.3, 0.4) is 0 Å². The first kappa shape index (κ1) is 12.1. The summed E-state index contributed by atoms with van der Waals surface area (Å²) in [5.41, 5.74) is 3.54. The average molecular weight is 229 g/mol. The first-order chi connectivity index (χ1) is 8.18. The molecule has 0 saturated heterocycles. The lowest BCUT2D eigenvalue weighted by Gasteiger charge is -2.25. The molecule has 0 saturated carbocycles. The van der Waals surface area contributed by atoms with Gasteiger partial charge in [0.2, 0.25) is 0 Å². The Kier molecular flexibility index (Phi) is 3.75. The third-order valence-corrected chi connectivity index (χ3v) is 3.23. The van der Waals surface area contributed by atoms with Gasteiger partial charge in [-0.1, -0.05) is 29.8 Å². The van der Waals surface area contributed by atoms with Crippen molar-refractivity contribution in [2.24, 2.45) is 0 Å². The van der Waals surface area contributed by atoms with Crippen LogP contribution in [0.2, 0.25) is 0 Å². The second kappa shape index (κ2) is 5.28. The van der Waals surface area contributed by atoms with Crippen LogP contribution in [0.15, 0.2) is 36.4 Å². The minimum atomic E-state index is -0.112. The van der Waals surface area contributed by atoms with Gasteiger partial charge in [-0.3, -0.25) is 4.79 Å². The largest absolute Gasteiger partial charge is 0.303 e. The number of Topliss-reactive ketones (excluding diaryl/α,β-unsaturated/α-hetero) is 1. The average Bonchev–Trinajstić information content (AvgIpc) is 2.35. The quantitative estimate of drug-likeness (QED) is 0.804. The highest BCUT2D eigenvalue weighted by atomic mass is 16.1. The van der Waals surface area contributed by atoms with E-state index >= 15 is 0 Å². The molecule has 2 heteroatoms. The summed E-state index contributed by atoms with van der Waals surface area (Å²) < 4.78 is 0. The fourth-order valence-electron chi connectivity index (χ4n) is 2.27. The molecule has 90 valence electrons. The van der Waals surface area contributed by atoms with E-state index in [1.54, 1.807) is 0 Å². The molecule has 2 rings (SSSR count). The van der Waals surface area contributed by atoms with Crippen molar-refractivity contribution in [1.29, 1.82) is 0 Å². The zero-order chi connectivity index (χ0) is 12.3. The van der Waals surface area contributed by atoms with E-state index in [0.29, 0.717) is 6.42 Å². The summed E-state index contributed by atoms with van der Waals surface area (Å²) in [6.07, 6.45) is 2.39. The Bertz CT molecular complexity index is 436. The van der Waals surface area contributed by atoms with Gasteiger partial charge in [-0.05, 0) is 30.9 Å². The molecule has 1 heterocycles. The number of hydrogen-bond acceptors (Lipinski definition) is 2. The Hall–Kier alpha value is -1.41. The second-order valence-corrected chi connectivity index (χ2v) is 4.76. The number of benzene rings is 1. The molecule has 17 heavy (non-hydrogen) atoms. The van der Waals surface area contributed by atoms with Crippen molar-refractivity contribution in [1.82, 2.24) is 5.32 Å². The Morgan fingerprint density at radius 3 is 2.94 bits per heavy atom. The number of allylic oxidation sites excluding steroid dienone is 1. The monoisotopic (exact) mass is 229 g/mol. The highest BCUT2D eigenvalue weighted by Crippen LogP contribution is 2.24. The van der Waals surface area contributed by atoms with Crippen molar-refractivity contribution in [3.63, 3.8) is 0 Å². The molecule has 1 aliphatic rings. The standard InChI is InChI=1S/C15H19NO/c1-11(2)7-8-14(17)15-13-6-4-3-5-12(13)9-10-16-15/h3-6,15-16H,1,7-10H2,2H3. The van der Waals surface area contributed by atoms with E-state index in [1.807, 2.05) is 19.1 Å². The highest BCUT2D eigenvalue weighted by Gasteiger charge is 2.24. The molecule has 1 aliphatic heterocycles. The first-order valence-corrected chi connectivity index (χ1v) is 6.17. The van der Waals surface area contributed by atoms with Gasteiger partial charge < -0.3 is 5.32 Å². The van der Waals surface area contributed by atoms with Crippen LogP contribution in [-0.2, 0) is 11.2 Å². The number of carbonyl (C=O) groups is 1. The van der Waals surface area contributed by atoms with Crippen LogP contribution in [0.5, 0.6) is 0 Å². The number of hydrogen-bond donors (Lipinski definition) is 1. The fourth-order valence-corrected chi connectivity index (χ4v) is 2.27. The number of fused-ring (bicyclic) bond motifs is 1. The van der Waals surface area contributed by atoms with Gasteiger partial charge in [0.25, 0.3) is 0 Å². The van der Waals surface area contributed by atoms with E-state index in [4.69, 9.17) is 0 Å². The maximum Gasteiger partial charge on any atom is 0.154 e. The number of ketones is 1. The normalized spacial score (nSPS) is 18.5. The molecule has 0 radical (unpaired) electrons. The minimum Gasteiger partial charge on any atom is -0.303 e. The number of carbonyl (C=O) groups excluding carboxylic acids is 1. The van der Waals surface area contributed by atoms with Crippen LogP contribution in [0.4, 0.5) is 0 Å². The minimum absolute atomic E-state index is 0.112. The Morgan fingerprint density at radius 1 is 1.41 bits per heavy atom. The summed E-state index contributed by atoms with van der Waals surface area (Å²) in [4.78, 5) is 12.2. The lowest BCUT2D eigenvalue weighted by Crippen LogP contribution is -2.35. The van der Waals surface area contributed by atoms with E-state index in [2.05, 4.69) is 24.0 Å². The molecule has 2 nitrogen and oxygen atoms in total. The Labute approximate surface area is 103 Å². The van der Waals surface area contributed by atoms with Crippen molar-refractivity contribution in [3.05, 3.63) is 47.5 Å². The molecule has 1 aromatic rings. The van der Waals surface area contributed by atoms with Gasteiger partial charge in [0, 0.05) is 13.0 Å². The SMILES string of the molecule is C=C(C)CCC(=O)C1NCCc2ccccc21. The summed E-state index contributed by atoms with van der Waals surface area (Å²) in [5, 5.41) is 3.32. The van der Waals surface area contributed by atoms with Gasteiger partial charge >= 0.3 is 0 Å². The summed E-state index contributed by atoms with van der Waals surface area (Å²) in [7, 11) is 0. The molecule has 0 spiro atoms. The fraction of sp³-hybridized carbons (Fsp3) is 0.400. The van der Waals surface area contributed by atoms with Crippen LogP contribution in [0.1, 0.15) is 36.9 Å². The summed E-state index contributed by atoms with van der Waals surface area (Å²) >= 11 is 0. The van der Waals surface area contributed by atoms with Crippen molar-refractivity contribution in [2.75, 3.05) is 6.54 Å². The zero-order valence-corrected chi connectivity index (χ0v) is 10.3. The maximum absolute atomic E-state index is 12.2. The Balaban J connectivity index is 2.12. The van der Waals surface area contributed by atoms with Crippen molar-refractivity contribution in [3.8, 4) is 0 Å². The van der Waals surface area contributed by atoms with Crippen LogP contribution in [0.25, 0.3) is 0 Å². The molecule has 0 aromatic heterocycles. The molecule has 0 aliphatic carbocycles. The highest BCUT2D eigenvalue weighted by molar-refractivity contribution is 5.86. The third-order valence-electron chi connectivity index (χ3n) is 3.23. The smallest absolute Gasteiger partial charge is 0.154 e. The maximum atomic E-state index is 12.2. The summed E-state index contributed by atoms with van der Waals surface area (Å²) in [5.74, 6) is 0.278. The van der Waals surface area contributed by atoms with Gasteiger partial charge in [0.05, 0.1) is 6.04 Å². The zero-order valence-electron chi connectivity index (χ0n) is 10.3. The topological polar surface area (TPSA) is 29.1 Å². The lowest BCUT2D eigenvalue weighted by atomic mass is 9.90. The van der Waals surface area contributed by atoms with Crippen molar-refractivity contribution in [2.45, 2.75) is 32.2 Å². The molecule has 1 N–H and O–H groups in total. The van der Waals surface area contributed by atoms with Gasteiger partial charge in [0.15, 0.2) is 5.78 Å². The van der Waals surface area contributed by atoms with Gasteiger partial charge in [-0.25, -0.2) is 0 Å². The molecular weight excluding hydrogens is 210 g/mol. The van der Waals surface area contributed by atoms with E-state index in [1.165, 1.54) is 5.56 Å². The predicted molar refractivity (Wildman–Crippen MR) is 69.9 cm³/mol. The van der Waals surface area contributed by atoms with Crippen LogP contribution >= 0.6 is 0 Å². The molecule has 1 atom stereocenters. The van der Waals surface area contributed by atoms with Crippen molar-refractivity contribution < 1.29 is 4.79 Å². The molecule has 0 fully saturated rings. The second-order valence-electron chi connectivity index (χ2n) is 4.76.